The minimum atomic E-state index is -0.509. The third-order valence-electron chi connectivity index (χ3n) is 4.75. The van der Waals surface area contributed by atoms with Crippen LogP contribution in [0.3, 0.4) is 0 Å². The van der Waals surface area contributed by atoms with E-state index in [1.807, 2.05) is 30.0 Å². The Balaban J connectivity index is 1.62. The Labute approximate surface area is 163 Å². The number of methoxy groups -OCH3 is 1. The number of aromatic amines is 1. The van der Waals surface area contributed by atoms with Gasteiger partial charge in [-0.2, -0.15) is 5.10 Å². The van der Waals surface area contributed by atoms with E-state index in [-0.39, 0.29) is 24.8 Å². The molecule has 150 valence electrons. The number of piperazine rings is 1. The normalized spacial score (nSPS) is 17.2. The zero-order valence-electron chi connectivity index (χ0n) is 16.4. The number of carbonyl (C=O) groups is 2. The van der Waals surface area contributed by atoms with Gasteiger partial charge in [-0.25, -0.2) is 4.98 Å². The van der Waals surface area contributed by atoms with Gasteiger partial charge in [0.15, 0.2) is 5.82 Å². The smallest absolute Gasteiger partial charge is 0.237 e. The van der Waals surface area contributed by atoms with Gasteiger partial charge >= 0.3 is 0 Å². The fraction of sp³-hybridized carbons (Fsp3) is 0.474. The lowest BCUT2D eigenvalue weighted by Gasteiger charge is -2.34. The molecular weight excluding hydrogens is 360 g/mol. The third-order valence-corrected chi connectivity index (χ3v) is 4.75. The van der Waals surface area contributed by atoms with Gasteiger partial charge in [0.05, 0.1) is 26.1 Å². The van der Waals surface area contributed by atoms with Gasteiger partial charge in [-0.1, -0.05) is 12.1 Å². The lowest BCUT2D eigenvalue weighted by Crippen LogP contribution is -2.56. The van der Waals surface area contributed by atoms with Gasteiger partial charge in [-0.15, -0.1) is 0 Å². The van der Waals surface area contributed by atoms with Gasteiger partial charge < -0.3 is 15.4 Å². The molecular formula is C19H26N6O3. The molecule has 9 nitrogen and oxygen atoms in total. The van der Waals surface area contributed by atoms with Gasteiger partial charge in [0.1, 0.15) is 11.6 Å². The summed E-state index contributed by atoms with van der Waals surface area (Å²) in [5, 5.41) is 12.4. The SMILES string of the molecule is COc1ccc(CN2CCNC(=O)[C@@H]2CC(=O)NCc2n[nH]c(C)n2)cc1C. The van der Waals surface area contributed by atoms with Crippen molar-refractivity contribution in [3.8, 4) is 5.75 Å². The summed E-state index contributed by atoms with van der Waals surface area (Å²) < 4.78 is 5.30. The molecule has 0 saturated carbocycles. The van der Waals surface area contributed by atoms with Gasteiger partial charge in [0.2, 0.25) is 11.8 Å². The van der Waals surface area contributed by atoms with E-state index < -0.39 is 6.04 Å². The number of carbonyl (C=O) groups excluding carboxylic acids is 2. The summed E-state index contributed by atoms with van der Waals surface area (Å²) in [7, 11) is 1.64. The molecule has 1 atom stereocenters. The monoisotopic (exact) mass is 386 g/mol. The highest BCUT2D eigenvalue weighted by Gasteiger charge is 2.31. The zero-order valence-corrected chi connectivity index (χ0v) is 16.4. The van der Waals surface area contributed by atoms with Gasteiger partial charge in [-0.05, 0) is 31.0 Å². The van der Waals surface area contributed by atoms with Crippen molar-refractivity contribution in [3.63, 3.8) is 0 Å². The van der Waals surface area contributed by atoms with Crippen LogP contribution in [0.1, 0.15) is 29.2 Å². The van der Waals surface area contributed by atoms with Crippen LogP contribution in [0.2, 0.25) is 0 Å². The number of hydrogen-bond donors (Lipinski definition) is 3. The first kappa shape index (κ1) is 19.8. The van der Waals surface area contributed by atoms with Crippen molar-refractivity contribution in [2.24, 2.45) is 0 Å². The van der Waals surface area contributed by atoms with Crippen LogP contribution in [0.4, 0.5) is 0 Å². The number of hydrogen-bond acceptors (Lipinski definition) is 6. The van der Waals surface area contributed by atoms with Crippen molar-refractivity contribution >= 4 is 11.8 Å². The summed E-state index contributed by atoms with van der Waals surface area (Å²) in [5.74, 6) is 1.71. The topological polar surface area (TPSA) is 112 Å². The summed E-state index contributed by atoms with van der Waals surface area (Å²) in [4.78, 5) is 31.0. The lowest BCUT2D eigenvalue weighted by atomic mass is 10.1. The predicted octanol–water partition coefficient (Wildman–Crippen LogP) is 0.437. The van der Waals surface area contributed by atoms with Crippen molar-refractivity contribution in [1.29, 1.82) is 0 Å². The molecule has 0 bridgehead atoms. The number of nitrogens with zero attached hydrogens (tertiary/aromatic N) is 3. The average Bonchev–Trinajstić information content (AvgIpc) is 3.08. The molecule has 0 aliphatic carbocycles. The Morgan fingerprint density at radius 2 is 2.21 bits per heavy atom. The predicted molar refractivity (Wildman–Crippen MR) is 103 cm³/mol. The second-order valence-corrected chi connectivity index (χ2v) is 6.90. The molecule has 3 N–H and O–H groups in total. The molecule has 2 amide bonds. The highest BCUT2D eigenvalue weighted by molar-refractivity contribution is 5.88. The van der Waals surface area contributed by atoms with Gasteiger partial charge in [0, 0.05) is 19.6 Å². The quantitative estimate of drug-likeness (QED) is 0.636. The number of benzene rings is 1. The number of amides is 2. The summed E-state index contributed by atoms with van der Waals surface area (Å²) in [6, 6.07) is 5.45. The van der Waals surface area contributed by atoms with Crippen LogP contribution in [-0.4, -0.2) is 58.1 Å². The molecule has 0 radical (unpaired) electrons. The van der Waals surface area contributed by atoms with Crippen LogP contribution < -0.4 is 15.4 Å². The fourth-order valence-electron chi connectivity index (χ4n) is 3.34. The molecule has 9 heteroatoms. The molecule has 3 rings (SSSR count). The van der Waals surface area contributed by atoms with Crippen LogP contribution >= 0.6 is 0 Å². The maximum absolute atomic E-state index is 12.4. The Morgan fingerprint density at radius 1 is 1.39 bits per heavy atom. The minimum absolute atomic E-state index is 0.0877. The largest absolute Gasteiger partial charge is 0.496 e. The number of ether oxygens (including phenoxy) is 1. The van der Waals surface area contributed by atoms with Crippen LogP contribution in [0, 0.1) is 13.8 Å². The minimum Gasteiger partial charge on any atom is -0.496 e. The maximum Gasteiger partial charge on any atom is 0.237 e. The van der Waals surface area contributed by atoms with Crippen molar-refractivity contribution in [2.75, 3.05) is 20.2 Å². The Morgan fingerprint density at radius 3 is 2.89 bits per heavy atom. The van der Waals surface area contributed by atoms with E-state index in [0.717, 1.165) is 16.9 Å². The molecule has 1 aliphatic rings. The van der Waals surface area contributed by atoms with Gasteiger partial charge in [-0.3, -0.25) is 19.6 Å². The Hall–Kier alpha value is -2.94. The standard InChI is InChI=1S/C19H26N6O3/c1-12-8-14(4-5-16(12)28-3)11-25-7-6-20-19(27)15(25)9-18(26)21-10-17-22-13(2)23-24-17/h4-5,8,15H,6-7,9-11H2,1-3H3,(H,20,27)(H,21,26)(H,22,23,24)/t15-/m0/s1. The summed E-state index contributed by atoms with van der Waals surface area (Å²) in [6.07, 6.45) is 0.0877. The van der Waals surface area contributed by atoms with Crippen LogP contribution in [-0.2, 0) is 22.7 Å². The van der Waals surface area contributed by atoms with E-state index in [1.165, 1.54) is 0 Å². The summed E-state index contributed by atoms with van der Waals surface area (Å²) in [5.41, 5.74) is 2.12. The fourth-order valence-corrected chi connectivity index (χ4v) is 3.34. The highest BCUT2D eigenvalue weighted by atomic mass is 16.5. The molecule has 0 spiro atoms. The molecule has 1 aromatic carbocycles. The highest BCUT2D eigenvalue weighted by Crippen LogP contribution is 2.21. The molecule has 2 aromatic rings. The molecule has 1 aromatic heterocycles. The summed E-state index contributed by atoms with van der Waals surface area (Å²) in [6.45, 7) is 5.87. The number of aromatic nitrogens is 3. The number of rotatable bonds is 7. The van der Waals surface area contributed by atoms with E-state index in [9.17, 15) is 9.59 Å². The third kappa shape index (κ3) is 4.86. The molecule has 0 unspecified atom stereocenters. The molecule has 1 aliphatic heterocycles. The van der Waals surface area contributed by atoms with E-state index in [0.29, 0.717) is 31.3 Å². The Bertz CT molecular complexity index is 850. The van der Waals surface area contributed by atoms with Crippen LogP contribution in [0.25, 0.3) is 0 Å². The first-order valence-electron chi connectivity index (χ1n) is 9.26. The van der Waals surface area contributed by atoms with Gasteiger partial charge in [0.25, 0.3) is 0 Å². The number of H-pyrrole nitrogens is 1. The van der Waals surface area contributed by atoms with E-state index >= 15 is 0 Å². The molecule has 1 saturated heterocycles. The first-order chi connectivity index (χ1) is 13.5. The van der Waals surface area contributed by atoms with Crippen LogP contribution in [0.15, 0.2) is 18.2 Å². The van der Waals surface area contributed by atoms with E-state index in [4.69, 9.17) is 4.74 Å². The number of aryl methyl sites for hydroxylation is 2. The molecule has 1 fully saturated rings. The maximum atomic E-state index is 12.4. The zero-order chi connectivity index (χ0) is 20.1. The van der Waals surface area contributed by atoms with Crippen molar-refractivity contribution in [2.45, 2.75) is 39.4 Å². The number of nitrogens with one attached hydrogen (secondary N) is 3. The lowest BCUT2D eigenvalue weighted by molar-refractivity contribution is -0.134. The first-order valence-corrected chi connectivity index (χ1v) is 9.26. The summed E-state index contributed by atoms with van der Waals surface area (Å²) >= 11 is 0. The average molecular weight is 386 g/mol. The van der Waals surface area contributed by atoms with Crippen molar-refractivity contribution in [1.82, 2.24) is 30.7 Å². The molecule has 2 heterocycles. The van der Waals surface area contributed by atoms with E-state index in [2.05, 4.69) is 25.8 Å². The second kappa shape index (κ2) is 8.83. The second-order valence-electron chi connectivity index (χ2n) is 6.90. The van der Waals surface area contributed by atoms with Crippen LogP contribution in [0.5, 0.6) is 5.75 Å². The molecule has 28 heavy (non-hydrogen) atoms. The van der Waals surface area contributed by atoms with E-state index in [1.54, 1.807) is 14.0 Å². The Kier molecular flexibility index (Phi) is 6.25. The van der Waals surface area contributed by atoms with Crippen molar-refractivity contribution < 1.29 is 14.3 Å². The van der Waals surface area contributed by atoms with Crippen molar-refractivity contribution in [3.05, 3.63) is 41.0 Å².